The minimum Gasteiger partial charge on any atom is -0.342 e. The minimum atomic E-state index is 0.218. The zero-order valence-electron chi connectivity index (χ0n) is 14.2. The molecule has 0 N–H and O–H groups in total. The van der Waals surface area contributed by atoms with Gasteiger partial charge in [-0.15, -0.1) is 0 Å². The van der Waals surface area contributed by atoms with Crippen LogP contribution in [0.15, 0.2) is 18.5 Å². The highest BCUT2D eigenvalue weighted by molar-refractivity contribution is 5.76. The van der Waals surface area contributed by atoms with Gasteiger partial charge in [-0.05, 0) is 32.8 Å². The van der Waals surface area contributed by atoms with Gasteiger partial charge in [0.2, 0.25) is 5.91 Å². The largest absolute Gasteiger partial charge is 0.342 e. The number of rotatable bonds is 4. The van der Waals surface area contributed by atoms with Crippen LogP contribution >= 0.6 is 0 Å². The van der Waals surface area contributed by atoms with Gasteiger partial charge >= 0.3 is 0 Å². The fourth-order valence-electron chi connectivity index (χ4n) is 3.42. The van der Waals surface area contributed by atoms with E-state index in [2.05, 4.69) is 20.8 Å². The van der Waals surface area contributed by atoms with Crippen LogP contribution in [0.3, 0.4) is 0 Å². The highest BCUT2D eigenvalue weighted by Crippen LogP contribution is 2.26. The highest BCUT2D eigenvalue weighted by Gasteiger charge is 2.27. The number of aromatic nitrogens is 4. The van der Waals surface area contributed by atoms with Crippen LogP contribution in [0, 0.1) is 13.8 Å². The molecule has 1 aliphatic heterocycles. The molecule has 2 aromatic heterocycles. The fraction of sp³-hybridized carbons (Fsp3) is 0.588. The monoisotopic (exact) mass is 315 g/mol. The first-order valence-corrected chi connectivity index (χ1v) is 8.30. The molecule has 0 saturated carbocycles. The predicted molar refractivity (Wildman–Crippen MR) is 88.1 cm³/mol. The zero-order valence-corrected chi connectivity index (χ0v) is 14.2. The summed E-state index contributed by atoms with van der Waals surface area (Å²) in [4.78, 5) is 19.2. The van der Waals surface area contributed by atoms with E-state index >= 15 is 0 Å². The van der Waals surface area contributed by atoms with Gasteiger partial charge in [0.1, 0.15) is 5.82 Å². The Kier molecular flexibility index (Phi) is 4.50. The van der Waals surface area contributed by atoms with E-state index in [1.165, 1.54) is 0 Å². The number of piperidine rings is 1. The van der Waals surface area contributed by atoms with E-state index in [9.17, 15) is 4.79 Å². The number of nitrogens with zero attached hydrogens (tertiary/aromatic N) is 5. The summed E-state index contributed by atoms with van der Waals surface area (Å²) in [6, 6.07) is 1.96. The van der Waals surface area contributed by atoms with Gasteiger partial charge in [0.15, 0.2) is 0 Å². The van der Waals surface area contributed by atoms with Crippen molar-refractivity contribution in [3.8, 4) is 0 Å². The quantitative estimate of drug-likeness (QED) is 0.867. The second-order valence-electron chi connectivity index (χ2n) is 6.48. The Bertz CT molecular complexity index is 687. The lowest BCUT2D eigenvalue weighted by Gasteiger charge is -2.32. The van der Waals surface area contributed by atoms with Crippen molar-refractivity contribution in [1.29, 1.82) is 0 Å². The van der Waals surface area contributed by atoms with Gasteiger partial charge in [-0.1, -0.05) is 0 Å². The van der Waals surface area contributed by atoms with E-state index in [-0.39, 0.29) is 5.91 Å². The summed E-state index contributed by atoms with van der Waals surface area (Å²) in [5.74, 6) is 1.66. The Labute approximate surface area is 137 Å². The van der Waals surface area contributed by atoms with Crippen LogP contribution in [-0.4, -0.2) is 43.2 Å². The summed E-state index contributed by atoms with van der Waals surface area (Å²) < 4.78 is 3.99. The van der Waals surface area contributed by atoms with Crippen LogP contribution < -0.4 is 0 Å². The molecule has 1 unspecified atom stereocenters. The molecule has 23 heavy (non-hydrogen) atoms. The molecule has 0 spiro atoms. The molecule has 1 amide bonds. The van der Waals surface area contributed by atoms with Crippen LogP contribution in [0.25, 0.3) is 0 Å². The standard InChI is InChI=1S/C17H25N5O/c1-13-11-20(3)17(19-13)15-5-4-9-21(12-15)16(23)7-10-22-14(2)6-8-18-22/h6,8,11,15H,4-5,7,9-10,12H2,1-3H3. The molecule has 6 nitrogen and oxygen atoms in total. The highest BCUT2D eigenvalue weighted by atomic mass is 16.2. The van der Waals surface area contributed by atoms with Crippen molar-refractivity contribution >= 4 is 5.91 Å². The van der Waals surface area contributed by atoms with Crippen molar-refractivity contribution in [2.75, 3.05) is 13.1 Å². The normalized spacial score (nSPS) is 18.4. The minimum absolute atomic E-state index is 0.218. The summed E-state index contributed by atoms with van der Waals surface area (Å²) in [5, 5.41) is 4.24. The molecule has 0 radical (unpaired) electrons. The summed E-state index contributed by atoms with van der Waals surface area (Å²) in [5.41, 5.74) is 2.14. The van der Waals surface area contributed by atoms with Crippen molar-refractivity contribution < 1.29 is 4.79 Å². The molecule has 0 aromatic carbocycles. The molecule has 124 valence electrons. The number of hydrogen-bond acceptors (Lipinski definition) is 3. The van der Waals surface area contributed by atoms with E-state index in [4.69, 9.17) is 0 Å². The lowest BCUT2D eigenvalue weighted by molar-refractivity contribution is -0.132. The molecule has 0 bridgehead atoms. The molecule has 0 aliphatic carbocycles. The summed E-state index contributed by atoms with van der Waals surface area (Å²) in [7, 11) is 2.04. The summed E-state index contributed by atoms with van der Waals surface area (Å²) in [6.07, 6.45) is 6.49. The molecule has 3 heterocycles. The van der Waals surface area contributed by atoms with Crippen LogP contribution in [0.5, 0.6) is 0 Å². The predicted octanol–water partition coefficient (Wildman–Crippen LogP) is 2.03. The first kappa shape index (κ1) is 15.8. The molecule has 1 saturated heterocycles. The lowest BCUT2D eigenvalue weighted by atomic mass is 9.97. The number of carbonyl (C=O) groups excluding carboxylic acids is 1. The fourth-order valence-corrected chi connectivity index (χ4v) is 3.42. The maximum Gasteiger partial charge on any atom is 0.224 e. The number of carbonyl (C=O) groups is 1. The third kappa shape index (κ3) is 3.46. The van der Waals surface area contributed by atoms with Crippen molar-refractivity contribution in [2.24, 2.45) is 7.05 Å². The maximum atomic E-state index is 12.5. The third-order valence-electron chi connectivity index (χ3n) is 4.64. The first-order valence-electron chi connectivity index (χ1n) is 8.30. The topological polar surface area (TPSA) is 56.0 Å². The van der Waals surface area contributed by atoms with Gasteiger partial charge in [-0.3, -0.25) is 9.48 Å². The van der Waals surface area contributed by atoms with Crippen molar-refractivity contribution in [3.05, 3.63) is 35.7 Å². The van der Waals surface area contributed by atoms with Gasteiger partial charge in [-0.25, -0.2) is 4.98 Å². The van der Waals surface area contributed by atoms with Crippen molar-refractivity contribution in [1.82, 2.24) is 24.2 Å². The molecular formula is C17H25N5O. The van der Waals surface area contributed by atoms with Gasteiger partial charge in [0, 0.05) is 57.1 Å². The van der Waals surface area contributed by atoms with E-state index in [0.29, 0.717) is 18.9 Å². The van der Waals surface area contributed by atoms with E-state index in [1.54, 1.807) is 6.20 Å². The zero-order chi connectivity index (χ0) is 16.4. The second-order valence-corrected chi connectivity index (χ2v) is 6.48. The SMILES string of the molecule is Cc1cn(C)c(C2CCCN(C(=O)CCn3nccc3C)C2)n1. The van der Waals surface area contributed by atoms with E-state index < -0.39 is 0 Å². The van der Waals surface area contributed by atoms with Crippen LogP contribution in [-0.2, 0) is 18.4 Å². The van der Waals surface area contributed by atoms with E-state index in [0.717, 1.165) is 43.1 Å². The number of amides is 1. The van der Waals surface area contributed by atoms with Crippen LogP contribution in [0.1, 0.15) is 42.4 Å². The van der Waals surface area contributed by atoms with Crippen molar-refractivity contribution in [3.63, 3.8) is 0 Å². The molecule has 6 heteroatoms. The van der Waals surface area contributed by atoms with Gasteiger partial charge in [-0.2, -0.15) is 5.10 Å². The molecule has 1 atom stereocenters. The van der Waals surface area contributed by atoms with Crippen LogP contribution in [0.2, 0.25) is 0 Å². The molecule has 2 aromatic rings. The third-order valence-corrected chi connectivity index (χ3v) is 4.64. The molecular weight excluding hydrogens is 290 g/mol. The Balaban J connectivity index is 1.60. The average molecular weight is 315 g/mol. The summed E-state index contributed by atoms with van der Waals surface area (Å²) in [6.45, 7) is 6.32. The number of hydrogen-bond donors (Lipinski definition) is 0. The van der Waals surface area contributed by atoms with Gasteiger partial charge in [0.25, 0.3) is 0 Å². The Hall–Kier alpha value is -2.11. The summed E-state index contributed by atoms with van der Waals surface area (Å²) >= 11 is 0. The molecule has 1 aliphatic rings. The Morgan fingerprint density at radius 3 is 2.87 bits per heavy atom. The maximum absolute atomic E-state index is 12.5. The Morgan fingerprint density at radius 2 is 2.22 bits per heavy atom. The molecule has 1 fully saturated rings. The Morgan fingerprint density at radius 1 is 1.39 bits per heavy atom. The van der Waals surface area contributed by atoms with Crippen LogP contribution in [0.4, 0.5) is 0 Å². The van der Waals surface area contributed by atoms with Crippen molar-refractivity contribution in [2.45, 2.75) is 45.6 Å². The number of aryl methyl sites for hydroxylation is 4. The second kappa shape index (κ2) is 6.56. The number of imidazole rings is 1. The molecule has 3 rings (SSSR count). The lowest BCUT2D eigenvalue weighted by Crippen LogP contribution is -2.40. The average Bonchev–Trinajstić information content (AvgIpc) is 3.10. The smallest absolute Gasteiger partial charge is 0.224 e. The number of likely N-dealkylation sites (tertiary alicyclic amines) is 1. The first-order chi connectivity index (χ1) is 11.0. The van der Waals surface area contributed by atoms with E-state index in [1.807, 2.05) is 36.5 Å². The van der Waals surface area contributed by atoms with Gasteiger partial charge in [0.05, 0.1) is 5.69 Å². The van der Waals surface area contributed by atoms with Gasteiger partial charge < -0.3 is 9.47 Å².